The van der Waals surface area contributed by atoms with Crippen LogP contribution in [0.1, 0.15) is 25.3 Å². The smallest absolute Gasteiger partial charge is 0.191 e. The van der Waals surface area contributed by atoms with Crippen LogP contribution in [0.15, 0.2) is 35.3 Å². The first-order valence-electron chi connectivity index (χ1n) is 9.02. The predicted octanol–water partition coefficient (Wildman–Crippen LogP) is 1.59. The van der Waals surface area contributed by atoms with E-state index in [1.165, 1.54) is 5.56 Å². The molecule has 1 aliphatic heterocycles. The Labute approximate surface area is 147 Å². The van der Waals surface area contributed by atoms with Gasteiger partial charge in [-0.15, -0.1) is 0 Å². The molecule has 0 aromatic heterocycles. The lowest BCUT2D eigenvalue weighted by Gasteiger charge is -2.36. The van der Waals surface area contributed by atoms with Crippen molar-refractivity contribution in [1.82, 2.24) is 20.4 Å². The number of guanidine groups is 1. The first-order chi connectivity index (χ1) is 11.6. The fraction of sp³-hybridized carbons (Fsp3) is 0.632. The quantitative estimate of drug-likeness (QED) is 0.614. The zero-order valence-electron chi connectivity index (χ0n) is 15.6. The van der Waals surface area contributed by atoms with Crippen molar-refractivity contribution in [2.24, 2.45) is 4.99 Å². The number of rotatable bonds is 6. The van der Waals surface area contributed by atoms with Crippen LogP contribution in [0.3, 0.4) is 0 Å². The van der Waals surface area contributed by atoms with E-state index in [4.69, 9.17) is 0 Å². The highest BCUT2D eigenvalue weighted by molar-refractivity contribution is 5.79. The second-order valence-electron chi connectivity index (χ2n) is 6.83. The number of aliphatic imine (C=N–C) groups is 1. The van der Waals surface area contributed by atoms with Crippen LogP contribution in [0.4, 0.5) is 0 Å². The van der Waals surface area contributed by atoms with Gasteiger partial charge < -0.3 is 15.5 Å². The lowest BCUT2D eigenvalue weighted by Crippen LogP contribution is -2.52. The third-order valence-corrected chi connectivity index (χ3v) is 4.89. The summed E-state index contributed by atoms with van der Waals surface area (Å²) in [5, 5.41) is 6.91. The van der Waals surface area contributed by atoms with Gasteiger partial charge in [-0.1, -0.05) is 37.3 Å². The van der Waals surface area contributed by atoms with Crippen LogP contribution in [0.25, 0.3) is 0 Å². The third-order valence-electron chi connectivity index (χ3n) is 4.89. The Hall–Kier alpha value is -1.59. The molecule has 0 saturated carbocycles. The van der Waals surface area contributed by atoms with E-state index < -0.39 is 0 Å². The monoisotopic (exact) mass is 331 g/mol. The predicted molar refractivity (Wildman–Crippen MR) is 103 cm³/mol. The van der Waals surface area contributed by atoms with Gasteiger partial charge in [0.1, 0.15) is 0 Å². The Kier molecular flexibility index (Phi) is 7.53. The van der Waals surface area contributed by atoms with E-state index in [0.29, 0.717) is 12.0 Å². The molecule has 1 heterocycles. The first-order valence-corrected chi connectivity index (χ1v) is 9.02. The Balaban J connectivity index is 1.72. The summed E-state index contributed by atoms with van der Waals surface area (Å²) in [6.45, 7) is 10.9. The number of hydrogen-bond acceptors (Lipinski definition) is 3. The summed E-state index contributed by atoms with van der Waals surface area (Å²) in [5.74, 6) is 1.35. The maximum atomic E-state index is 4.35. The Morgan fingerprint density at radius 2 is 1.67 bits per heavy atom. The van der Waals surface area contributed by atoms with Crippen LogP contribution in [0.2, 0.25) is 0 Å². The Morgan fingerprint density at radius 3 is 2.29 bits per heavy atom. The minimum absolute atomic E-state index is 0.458. The van der Waals surface area contributed by atoms with E-state index >= 15 is 0 Å². The van der Waals surface area contributed by atoms with Crippen molar-refractivity contribution in [2.45, 2.75) is 25.8 Å². The third kappa shape index (κ3) is 5.80. The van der Waals surface area contributed by atoms with Gasteiger partial charge in [0.25, 0.3) is 0 Å². The molecule has 0 bridgehead atoms. The van der Waals surface area contributed by atoms with Crippen LogP contribution < -0.4 is 10.6 Å². The molecular weight excluding hydrogens is 298 g/mol. The molecule has 2 atom stereocenters. The summed E-state index contributed by atoms with van der Waals surface area (Å²) in [6.07, 6.45) is 0. The Morgan fingerprint density at radius 1 is 1.04 bits per heavy atom. The molecule has 1 aliphatic rings. The Bertz CT molecular complexity index is 494. The second kappa shape index (κ2) is 9.64. The van der Waals surface area contributed by atoms with E-state index in [1.807, 2.05) is 7.05 Å². The molecule has 2 N–H and O–H groups in total. The van der Waals surface area contributed by atoms with Crippen molar-refractivity contribution in [3.05, 3.63) is 35.9 Å². The van der Waals surface area contributed by atoms with Gasteiger partial charge >= 0.3 is 0 Å². The van der Waals surface area contributed by atoms with Crippen molar-refractivity contribution in [3.8, 4) is 0 Å². The molecule has 0 spiro atoms. The minimum Gasteiger partial charge on any atom is -0.356 e. The summed E-state index contributed by atoms with van der Waals surface area (Å²) in [5.41, 5.74) is 1.35. The van der Waals surface area contributed by atoms with E-state index in [1.54, 1.807) is 0 Å². The van der Waals surface area contributed by atoms with Gasteiger partial charge in [0.15, 0.2) is 5.96 Å². The molecule has 0 aliphatic carbocycles. The molecule has 2 unspecified atom stereocenters. The normalized spacial score (nSPS) is 19.8. The molecule has 0 radical (unpaired) electrons. The molecule has 1 saturated heterocycles. The van der Waals surface area contributed by atoms with Gasteiger partial charge in [-0.2, -0.15) is 0 Å². The summed E-state index contributed by atoms with van der Waals surface area (Å²) >= 11 is 0. The fourth-order valence-corrected chi connectivity index (χ4v) is 3.01. The number of benzene rings is 1. The zero-order valence-corrected chi connectivity index (χ0v) is 15.6. The molecule has 2 rings (SSSR count). The van der Waals surface area contributed by atoms with E-state index in [9.17, 15) is 0 Å². The van der Waals surface area contributed by atoms with Gasteiger partial charge in [0, 0.05) is 52.4 Å². The molecule has 5 heteroatoms. The highest BCUT2D eigenvalue weighted by Crippen LogP contribution is 2.12. The molecule has 5 nitrogen and oxygen atoms in total. The highest BCUT2D eigenvalue weighted by Gasteiger charge is 2.19. The number of hydrogen-bond donors (Lipinski definition) is 2. The van der Waals surface area contributed by atoms with Gasteiger partial charge in [-0.25, -0.2) is 0 Å². The highest BCUT2D eigenvalue weighted by atomic mass is 15.3. The van der Waals surface area contributed by atoms with Crippen LogP contribution in [-0.4, -0.2) is 75.2 Å². The van der Waals surface area contributed by atoms with Crippen LogP contribution in [0.5, 0.6) is 0 Å². The molecule has 134 valence electrons. The molecular formula is C19H33N5. The van der Waals surface area contributed by atoms with Crippen molar-refractivity contribution in [3.63, 3.8) is 0 Å². The summed E-state index contributed by atoms with van der Waals surface area (Å²) in [4.78, 5) is 9.29. The van der Waals surface area contributed by atoms with E-state index in [2.05, 4.69) is 76.7 Å². The number of nitrogens with one attached hydrogen (secondary N) is 2. The van der Waals surface area contributed by atoms with Crippen LogP contribution in [0, 0.1) is 0 Å². The summed E-state index contributed by atoms with van der Waals surface area (Å²) in [6, 6.07) is 11.1. The minimum atomic E-state index is 0.458. The molecule has 0 amide bonds. The standard InChI is InChI=1S/C19H33N5/c1-16(18-8-6-5-7-9-18)14-21-19(20-3)22-15-17(2)24-12-10-23(4)11-13-24/h5-9,16-17H,10-15H2,1-4H3,(H2,20,21,22). The zero-order chi connectivity index (χ0) is 17.4. The number of nitrogens with zero attached hydrogens (tertiary/aromatic N) is 3. The largest absolute Gasteiger partial charge is 0.356 e. The maximum absolute atomic E-state index is 4.35. The lowest BCUT2D eigenvalue weighted by molar-refractivity contribution is 0.120. The average molecular weight is 332 g/mol. The first kappa shape index (κ1) is 18.7. The van der Waals surface area contributed by atoms with E-state index in [0.717, 1.165) is 45.2 Å². The SMILES string of the molecule is CN=C(NCC(C)c1ccccc1)NCC(C)N1CCN(C)CC1. The van der Waals surface area contributed by atoms with Crippen molar-refractivity contribution >= 4 is 5.96 Å². The van der Waals surface area contributed by atoms with Crippen molar-refractivity contribution < 1.29 is 0 Å². The molecule has 1 aromatic rings. The summed E-state index contributed by atoms with van der Waals surface area (Å²) < 4.78 is 0. The van der Waals surface area contributed by atoms with Crippen molar-refractivity contribution in [2.75, 3.05) is 53.4 Å². The molecule has 1 aromatic carbocycles. The fourth-order valence-electron chi connectivity index (χ4n) is 3.01. The van der Waals surface area contributed by atoms with Crippen LogP contribution in [-0.2, 0) is 0 Å². The lowest BCUT2D eigenvalue weighted by atomic mass is 10.0. The summed E-state index contributed by atoms with van der Waals surface area (Å²) in [7, 11) is 4.03. The molecule has 1 fully saturated rings. The number of likely N-dealkylation sites (N-methyl/N-ethyl adjacent to an activating group) is 1. The van der Waals surface area contributed by atoms with Crippen LogP contribution >= 0.6 is 0 Å². The van der Waals surface area contributed by atoms with Gasteiger partial charge in [-0.05, 0) is 25.5 Å². The van der Waals surface area contributed by atoms with Gasteiger partial charge in [-0.3, -0.25) is 9.89 Å². The van der Waals surface area contributed by atoms with Crippen molar-refractivity contribution in [1.29, 1.82) is 0 Å². The van der Waals surface area contributed by atoms with E-state index in [-0.39, 0.29) is 0 Å². The average Bonchev–Trinajstić information content (AvgIpc) is 2.62. The topological polar surface area (TPSA) is 42.9 Å². The second-order valence-corrected chi connectivity index (χ2v) is 6.83. The molecule has 24 heavy (non-hydrogen) atoms. The number of piperazine rings is 1. The van der Waals surface area contributed by atoms with Gasteiger partial charge in [0.2, 0.25) is 0 Å². The van der Waals surface area contributed by atoms with Gasteiger partial charge in [0.05, 0.1) is 0 Å². The maximum Gasteiger partial charge on any atom is 0.191 e.